The predicted molar refractivity (Wildman–Crippen MR) is 179 cm³/mol. The fourth-order valence-electron chi connectivity index (χ4n) is 8.35. The number of benzene rings is 2. The molecule has 4 aliphatic heterocycles. The first-order valence-corrected chi connectivity index (χ1v) is 19.8. The molecular formula is C35H47FN4O6Si. The number of methoxy groups -OCH3 is 1. The SMILES string of the molecule is COc1ccc2c(c1)[C@]1(O[C@@H](CC(=O)N3CCC[C@H]3CO)[C@H]([Si](C)(C)F)[C@H]1C)C(=O)N2Cc1ccc(NC(=O)C2CCCNC2)cc1. The second-order valence-electron chi connectivity index (χ2n) is 14.0. The smallest absolute Gasteiger partial charge is 0.264 e. The van der Waals surface area contributed by atoms with Crippen LogP contribution < -0.4 is 20.3 Å². The Kier molecular flexibility index (Phi) is 9.50. The molecule has 3 fully saturated rings. The van der Waals surface area contributed by atoms with Gasteiger partial charge < -0.3 is 39.1 Å². The van der Waals surface area contributed by atoms with Gasteiger partial charge in [0, 0.05) is 35.8 Å². The number of fused-ring (bicyclic) bond motifs is 2. The van der Waals surface area contributed by atoms with Gasteiger partial charge in [-0.25, -0.2) is 0 Å². The van der Waals surface area contributed by atoms with E-state index in [1.807, 2.05) is 37.3 Å². The van der Waals surface area contributed by atoms with Crippen LogP contribution in [0.25, 0.3) is 0 Å². The monoisotopic (exact) mass is 666 g/mol. The Hall–Kier alpha value is -3.32. The van der Waals surface area contributed by atoms with E-state index in [0.29, 0.717) is 35.8 Å². The molecule has 6 atom stereocenters. The maximum absolute atomic E-state index is 16.3. The van der Waals surface area contributed by atoms with Gasteiger partial charge in [0.15, 0.2) is 5.60 Å². The minimum absolute atomic E-state index is 0.00426. The van der Waals surface area contributed by atoms with Gasteiger partial charge in [-0.3, -0.25) is 14.4 Å². The summed E-state index contributed by atoms with van der Waals surface area (Å²) in [4.78, 5) is 44.4. The second kappa shape index (κ2) is 13.3. The Labute approximate surface area is 277 Å². The first kappa shape index (κ1) is 33.6. The van der Waals surface area contributed by atoms with Crippen LogP contribution in [-0.2, 0) is 31.3 Å². The molecule has 2 aromatic rings. The molecule has 3 saturated heterocycles. The van der Waals surface area contributed by atoms with Crippen LogP contribution in [0.4, 0.5) is 15.5 Å². The molecule has 4 heterocycles. The van der Waals surface area contributed by atoms with Crippen LogP contribution in [0.1, 0.15) is 50.2 Å². The van der Waals surface area contributed by atoms with Crippen molar-refractivity contribution >= 4 is 37.5 Å². The van der Waals surface area contributed by atoms with Gasteiger partial charge in [-0.1, -0.05) is 19.1 Å². The average molecular weight is 667 g/mol. The van der Waals surface area contributed by atoms with E-state index in [9.17, 15) is 19.5 Å². The van der Waals surface area contributed by atoms with Crippen molar-refractivity contribution in [3.05, 3.63) is 53.6 Å². The van der Waals surface area contributed by atoms with E-state index in [0.717, 1.165) is 37.8 Å². The number of halogens is 1. The summed E-state index contributed by atoms with van der Waals surface area (Å²) in [6.07, 6.45) is 2.52. The van der Waals surface area contributed by atoms with Crippen LogP contribution in [0.3, 0.4) is 0 Å². The van der Waals surface area contributed by atoms with E-state index in [2.05, 4.69) is 10.6 Å². The zero-order valence-electron chi connectivity index (χ0n) is 27.8. The number of rotatable bonds is 9. The molecule has 0 aromatic heterocycles. The first-order chi connectivity index (χ1) is 22.5. The van der Waals surface area contributed by atoms with Crippen LogP contribution in [-0.4, -0.2) is 81.6 Å². The highest BCUT2D eigenvalue weighted by Gasteiger charge is 2.67. The third-order valence-electron chi connectivity index (χ3n) is 10.7. The Morgan fingerprint density at radius 2 is 1.94 bits per heavy atom. The molecule has 12 heteroatoms. The van der Waals surface area contributed by atoms with Crippen molar-refractivity contribution in [2.45, 2.75) is 82.0 Å². The summed E-state index contributed by atoms with van der Waals surface area (Å²) in [6, 6.07) is 12.7. The molecule has 254 valence electrons. The topological polar surface area (TPSA) is 120 Å². The van der Waals surface area contributed by atoms with Gasteiger partial charge >= 0.3 is 0 Å². The number of anilines is 2. The molecule has 6 rings (SSSR count). The van der Waals surface area contributed by atoms with E-state index in [1.165, 1.54) is 0 Å². The van der Waals surface area contributed by atoms with Crippen LogP contribution in [0, 0.1) is 11.8 Å². The van der Waals surface area contributed by atoms with Gasteiger partial charge in [0.05, 0.1) is 50.4 Å². The van der Waals surface area contributed by atoms with Crippen LogP contribution in [0.2, 0.25) is 18.6 Å². The summed E-state index contributed by atoms with van der Waals surface area (Å²) < 4.78 is 28.6. The van der Waals surface area contributed by atoms with Crippen molar-refractivity contribution in [1.29, 1.82) is 0 Å². The molecule has 1 spiro atoms. The van der Waals surface area contributed by atoms with Crippen molar-refractivity contribution < 1.29 is 33.1 Å². The standard InChI is InChI=1S/C35H47FN4O6Si/c1-22-32(47(3,4)36)30(18-31(42)39-16-6-8-26(39)21-41)46-35(22)28-17-27(45-2)13-14-29(28)40(34(35)44)20-23-9-11-25(12-10-23)38-33(43)24-7-5-15-37-19-24/h9-14,17,22,24,26,30,32,37,41H,5-8,15-16,18-21H2,1-4H3,(H,38,43)/t22-,24?,26+,30+,32-,35+/m1/s1. The fourth-order valence-corrected chi connectivity index (χ4v) is 10.8. The number of aliphatic hydroxyl groups excluding tert-OH is 1. The largest absolute Gasteiger partial charge is 0.497 e. The van der Waals surface area contributed by atoms with Gasteiger partial charge in [0.25, 0.3) is 5.91 Å². The summed E-state index contributed by atoms with van der Waals surface area (Å²) in [5, 5.41) is 16.1. The van der Waals surface area contributed by atoms with Crippen molar-refractivity contribution in [1.82, 2.24) is 10.2 Å². The maximum atomic E-state index is 16.3. The van der Waals surface area contributed by atoms with E-state index in [4.69, 9.17) is 9.47 Å². The lowest BCUT2D eigenvalue weighted by atomic mass is 9.82. The molecule has 4 aliphatic rings. The lowest BCUT2D eigenvalue weighted by Gasteiger charge is -2.31. The lowest BCUT2D eigenvalue weighted by Crippen LogP contribution is -2.45. The van der Waals surface area contributed by atoms with E-state index in [1.54, 1.807) is 42.1 Å². The number of carbonyl (C=O) groups excluding carboxylic acids is 3. The Balaban J connectivity index is 1.28. The molecule has 3 N–H and O–H groups in total. The molecular weight excluding hydrogens is 619 g/mol. The minimum Gasteiger partial charge on any atom is -0.497 e. The number of aliphatic hydroxyl groups is 1. The summed E-state index contributed by atoms with van der Waals surface area (Å²) in [5.41, 5.74) is 0.720. The number of hydrogen-bond donors (Lipinski definition) is 3. The maximum Gasteiger partial charge on any atom is 0.264 e. The zero-order chi connectivity index (χ0) is 33.5. The van der Waals surface area contributed by atoms with Crippen LogP contribution in [0.5, 0.6) is 5.75 Å². The summed E-state index contributed by atoms with van der Waals surface area (Å²) in [5.74, 6) is -0.528. The second-order valence-corrected chi connectivity index (χ2v) is 17.8. The number of nitrogens with one attached hydrogen (secondary N) is 2. The fraction of sp³-hybridized carbons (Fsp3) is 0.571. The third kappa shape index (κ3) is 6.21. The van der Waals surface area contributed by atoms with Gasteiger partial charge in [-0.2, -0.15) is 0 Å². The molecule has 47 heavy (non-hydrogen) atoms. The number of piperidine rings is 1. The van der Waals surface area contributed by atoms with Crippen molar-refractivity contribution in [3.63, 3.8) is 0 Å². The zero-order valence-corrected chi connectivity index (χ0v) is 28.8. The van der Waals surface area contributed by atoms with E-state index >= 15 is 4.11 Å². The Morgan fingerprint density at radius 1 is 1.17 bits per heavy atom. The third-order valence-corrected chi connectivity index (χ3v) is 13.1. The average Bonchev–Trinajstić information content (AvgIpc) is 3.72. The molecule has 2 aromatic carbocycles. The molecule has 3 amide bonds. The van der Waals surface area contributed by atoms with E-state index in [-0.39, 0.29) is 49.3 Å². The highest BCUT2D eigenvalue weighted by Crippen LogP contribution is 2.60. The number of hydrogen-bond acceptors (Lipinski definition) is 7. The van der Waals surface area contributed by atoms with Gasteiger partial charge in [-0.05, 0) is 81.2 Å². The molecule has 0 bridgehead atoms. The number of nitrogens with zero attached hydrogens (tertiary/aromatic N) is 2. The van der Waals surface area contributed by atoms with Crippen LogP contribution in [0.15, 0.2) is 42.5 Å². The molecule has 1 unspecified atom stereocenters. The minimum atomic E-state index is -3.46. The van der Waals surface area contributed by atoms with Gasteiger partial charge in [-0.15, -0.1) is 0 Å². The van der Waals surface area contributed by atoms with E-state index < -0.39 is 31.6 Å². The molecule has 0 radical (unpaired) electrons. The number of amides is 3. The summed E-state index contributed by atoms with van der Waals surface area (Å²) in [7, 11) is -1.90. The predicted octanol–water partition coefficient (Wildman–Crippen LogP) is 4.33. The highest BCUT2D eigenvalue weighted by molar-refractivity contribution is 6.72. The summed E-state index contributed by atoms with van der Waals surface area (Å²) in [6.45, 7) is 7.40. The number of carbonyl (C=O) groups is 3. The number of ether oxygens (including phenoxy) is 2. The van der Waals surface area contributed by atoms with Gasteiger partial charge in [0.1, 0.15) is 5.75 Å². The normalized spacial score (nSPS) is 29.0. The Morgan fingerprint density at radius 3 is 2.60 bits per heavy atom. The molecule has 10 nitrogen and oxygen atoms in total. The molecule has 0 saturated carbocycles. The van der Waals surface area contributed by atoms with Crippen molar-refractivity contribution in [2.75, 3.05) is 43.6 Å². The first-order valence-electron chi connectivity index (χ1n) is 16.9. The quantitative estimate of drug-likeness (QED) is 0.269. The summed E-state index contributed by atoms with van der Waals surface area (Å²) >= 11 is 0. The lowest BCUT2D eigenvalue weighted by molar-refractivity contribution is -0.150. The van der Waals surface area contributed by atoms with Gasteiger partial charge in [0.2, 0.25) is 20.2 Å². The van der Waals surface area contributed by atoms with Crippen LogP contribution >= 0.6 is 0 Å². The molecule has 0 aliphatic carbocycles. The van der Waals surface area contributed by atoms with Crippen molar-refractivity contribution in [2.24, 2.45) is 11.8 Å². The number of likely N-dealkylation sites (tertiary alicyclic amines) is 1. The highest BCUT2D eigenvalue weighted by atomic mass is 28.4. The van der Waals surface area contributed by atoms with Crippen molar-refractivity contribution in [3.8, 4) is 5.75 Å². The Bertz CT molecular complexity index is 1500.